The molecule has 2 aliphatic rings. The minimum atomic E-state index is -0.843. The Morgan fingerprint density at radius 2 is 1.95 bits per heavy atom. The summed E-state index contributed by atoms with van der Waals surface area (Å²) in [5, 5.41) is 0. The van der Waals surface area contributed by atoms with Crippen molar-refractivity contribution in [1.82, 2.24) is 4.57 Å². The summed E-state index contributed by atoms with van der Waals surface area (Å²) in [5.41, 5.74) is 1.66. The van der Waals surface area contributed by atoms with Crippen molar-refractivity contribution in [3.8, 4) is 23.0 Å². The highest BCUT2D eigenvalue weighted by molar-refractivity contribution is 7.07. The first-order valence-electron chi connectivity index (χ1n) is 11.8. The lowest BCUT2D eigenvalue weighted by molar-refractivity contribution is -0.139. The first-order valence-corrected chi connectivity index (χ1v) is 12.6. The number of hydrogen-bond acceptors (Lipinski definition) is 10. The van der Waals surface area contributed by atoms with E-state index in [9.17, 15) is 14.4 Å². The normalized spacial score (nSPS) is 16.1. The lowest BCUT2D eigenvalue weighted by Gasteiger charge is -2.25. The number of aromatic nitrogens is 1. The molecule has 0 saturated heterocycles. The predicted molar refractivity (Wildman–Crippen MR) is 137 cm³/mol. The fourth-order valence-corrected chi connectivity index (χ4v) is 5.40. The van der Waals surface area contributed by atoms with E-state index in [2.05, 4.69) is 4.99 Å². The first-order chi connectivity index (χ1) is 18.3. The quantitative estimate of drug-likeness (QED) is 0.349. The average molecular weight is 537 g/mol. The van der Waals surface area contributed by atoms with E-state index in [1.54, 1.807) is 50.3 Å². The summed E-state index contributed by atoms with van der Waals surface area (Å²) in [6.45, 7) is 5.01. The molecule has 38 heavy (non-hydrogen) atoms. The largest absolute Gasteiger partial charge is 0.493 e. The number of rotatable bonds is 6. The van der Waals surface area contributed by atoms with E-state index in [4.69, 9.17) is 23.7 Å². The summed E-state index contributed by atoms with van der Waals surface area (Å²) in [6, 6.07) is 9.45. The van der Waals surface area contributed by atoms with Crippen LogP contribution in [0.4, 0.5) is 0 Å². The molecule has 0 fully saturated rings. The Balaban J connectivity index is 1.69. The Morgan fingerprint density at radius 3 is 2.68 bits per heavy atom. The second-order valence-electron chi connectivity index (χ2n) is 8.42. The predicted octanol–water partition coefficient (Wildman–Crippen LogP) is 2.46. The van der Waals surface area contributed by atoms with Crippen molar-refractivity contribution in [1.29, 1.82) is 0 Å². The lowest BCUT2D eigenvalue weighted by Crippen LogP contribution is -2.40. The number of carbonyl (C=O) groups is 2. The number of nitrogens with zero attached hydrogens (tertiary/aromatic N) is 2. The fraction of sp³-hybridized carbons (Fsp3) is 0.259. The molecule has 196 valence electrons. The lowest BCUT2D eigenvalue weighted by atomic mass is 9.95. The van der Waals surface area contributed by atoms with E-state index in [1.807, 2.05) is 6.07 Å². The molecule has 0 radical (unpaired) electrons. The van der Waals surface area contributed by atoms with Crippen molar-refractivity contribution in [2.75, 3.05) is 20.5 Å². The van der Waals surface area contributed by atoms with Gasteiger partial charge in [0.1, 0.15) is 0 Å². The topological polar surface area (TPSA) is 115 Å². The van der Waals surface area contributed by atoms with Gasteiger partial charge in [-0.25, -0.2) is 9.79 Å². The van der Waals surface area contributed by atoms with Gasteiger partial charge in [-0.1, -0.05) is 23.5 Å². The zero-order valence-electron chi connectivity index (χ0n) is 21.1. The molecule has 0 saturated carbocycles. The van der Waals surface area contributed by atoms with Crippen LogP contribution in [0.3, 0.4) is 0 Å². The zero-order chi connectivity index (χ0) is 27.0. The fourth-order valence-electron chi connectivity index (χ4n) is 4.35. The van der Waals surface area contributed by atoms with Gasteiger partial charge in [0.2, 0.25) is 6.79 Å². The second kappa shape index (κ2) is 10.2. The molecule has 11 heteroatoms. The Morgan fingerprint density at radius 1 is 1.16 bits per heavy atom. The van der Waals surface area contributed by atoms with Gasteiger partial charge in [0, 0.05) is 6.92 Å². The summed E-state index contributed by atoms with van der Waals surface area (Å²) >= 11 is 1.21. The van der Waals surface area contributed by atoms with Crippen LogP contribution in [-0.2, 0) is 14.3 Å². The van der Waals surface area contributed by atoms with Gasteiger partial charge < -0.3 is 23.7 Å². The third-order valence-corrected chi connectivity index (χ3v) is 6.95. The number of allylic oxidation sites excluding steroid dienone is 1. The highest BCUT2D eigenvalue weighted by Crippen LogP contribution is 2.36. The average Bonchev–Trinajstić information content (AvgIpc) is 3.47. The molecule has 0 unspecified atom stereocenters. The Hall–Kier alpha value is -4.38. The molecule has 3 heterocycles. The number of thiazole rings is 1. The molecule has 2 aromatic carbocycles. The van der Waals surface area contributed by atoms with E-state index in [0.717, 1.165) is 5.56 Å². The number of fused-ring (bicyclic) bond motifs is 2. The molecule has 3 aromatic rings. The molecule has 0 spiro atoms. The monoisotopic (exact) mass is 536 g/mol. The molecule has 2 aliphatic heterocycles. The van der Waals surface area contributed by atoms with Gasteiger partial charge in [0.25, 0.3) is 5.56 Å². The SMILES string of the molecule is CCOC(=O)C1=C(C)N=c2sc(=Cc3ccc4c(c3)OCO4)c(=O)n2[C@H]1c1ccc(OC(C)=O)c(OC)c1. The van der Waals surface area contributed by atoms with Crippen LogP contribution in [-0.4, -0.2) is 37.0 Å². The molecule has 0 aliphatic carbocycles. The van der Waals surface area contributed by atoms with Crippen LogP contribution in [0.2, 0.25) is 0 Å². The number of carbonyl (C=O) groups excluding carboxylic acids is 2. The second-order valence-corrected chi connectivity index (χ2v) is 9.43. The third kappa shape index (κ3) is 4.56. The van der Waals surface area contributed by atoms with Gasteiger partial charge in [-0.3, -0.25) is 14.2 Å². The summed E-state index contributed by atoms with van der Waals surface area (Å²) in [7, 11) is 1.44. The third-order valence-electron chi connectivity index (χ3n) is 5.97. The molecular weight excluding hydrogens is 512 g/mol. The number of methoxy groups -OCH3 is 1. The maximum Gasteiger partial charge on any atom is 0.338 e. The van der Waals surface area contributed by atoms with Crippen molar-refractivity contribution in [3.63, 3.8) is 0 Å². The molecule has 1 aromatic heterocycles. The zero-order valence-corrected chi connectivity index (χ0v) is 21.9. The highest BCUT2D eigenvalue weighted by Gasteiger charge is 2.34. The van der Waals surface area contributed by atoms with E-state index in [-0.39, 0.29) is 36.0 Å². The number of benzene rings is 2. The van der Waals surface area contributed by atoms with Crippen LogP contribution in [0.5, 0.6) is 23.0 Å². The smallest absolute Gasteiger partial charge is 0.338 e. The maximum atomic E-state index is 13.8. The van der Waals surface area contributed by atoms with Gasteiger partial charge in [-0.15, -0.1) is 0 Å². The minimum absolute atomic E-state index is 0.149. The van der Waals surface area contributed by atoms with E-state index in [0.29, 0.717) is 32.1 Å². The van der Waals surface area contributed by atoms with Gasteiger partial charge in [-0.05, 0) is 55.3 Å². The van der Waals surface area contributed by atoms with Crippen molar-refractivity contribution in [3.05, 3.63) is 78.5 Å². The maximum absolute atomic E-state index is 13.8. The summed E-state index contributed by atoms with van der Waals surface area (Å²) in [6.07, 6.45) is 1.75. The van der Waals surface area contributed by atoms with Crippen molar-refractivity contribution in [2.24, 2.45) is 4.99 Å². The summed E-state index contributed by atoms with van der Waals surface area (Å²) in [5.74, 6) is 0.659. The number of ether oxygens (including phenoxy) is 5. The Labute approximate surface area is 221 Å². The van der Waals surface area contributed by atoms with Crippen LogP contribution >= 0.6 is 11.3 Å². The summed E-state index contributed by atoms with van der Waals surface area (Å²) in [4.78, 5) is 43.4. The van der Waals surface area contributed by atoms with E-state index >= 15 is 0 Å². The Bertz CT molecular complexity index is 1670. The molecular formula is C27H24N2O8S. The molecule has 10 nitrogen and oxygen atoms in total. The minimum Gasteiger partial charge on any atom is -0.493 e. The van der Waals surface area contributed by atoms with E-state index < -0.39 is 18.0 Å². The van der Waals surface area contributed by atoms with Crippen molar-refractivity contribution in [2.45, 2.75) is 26.8 Å². The van der Waals surface area contributed by atoms with Gasteiger partial charge in [-0.2, -0.15) is 0 Å². The van der Waals surface area contributed by atoms with E-state index in [1.165, 1.54) is 29.9 Å². The standard InChI is InChI=1S/C27H24N2O8S/c1-5-34-26(32)23-14(2)28-27-29(24(23)17-7-9-19(37-15(3)30)20(12-17)33-4)25(31)22(38-27)11-16-6-8-18-21(10-16)36-13-35-18/h6-12,24H,5,13H2,1-4H3/t24-/m0/s1. The molecule has 0 amide bonds. The number of hydrogen-bond donors (Lipinski definition) is 0. The molecule has 0 N–H and O–H groups in total. The van der Waals surface area contributed by atoms with Crippen LogP contribution < -0.4 is 33.8 Å². The Kier molecular flexibility index (Phi) is 6.77. The van der Waals surface area contributed by atoms with Crippen LogP contribution in [0, 0.1) is 0 Å². The summed E-state index contributed by atoms with van der Waals surface area (Å²) < 4.78 is 28.7. The highest BCUT2D eigenvalue weighted by atomic mass is 32.1. The molecule has 0 bridgehead atoms. The van der Waals surface area contributed by atoms with Crippen LogP contribution in [0.25, 0.3) is 6.08 Å². The molecule has 5 rings (SSSR count). The van der Waals surface area contributed by atoms with Crippen molar-refractivity contribution >= 4 is 29.4 Å². The van der Waals surface area contributed by atoms with Gasteiger partial charge in [0.15, 0.2) is 27.8 Å². The number of esters is 2. The van der Waals surface area contributed by atoms with Gasteiger partial charge >= 0.3 is 11.9 Å². The van der Waals surface area contributed by atoms with Gasteiger partial charge in [0.05, 0.1) is 35.6 Å². The van der Waals surface area contributed by atoms with Crippen LogP contribution in [0.15, 0.2) is 57.5 Å². The van der Waals surface area contributed by atoms with Crippen molar-refractivity contribution < 1.29 is 33.3 Å². The van der Waals surface area contributed by atoms with Crippen LogP contribution in [0.1, 0.15) is 37.9 Å². The first kappa shape index (κ1) is 25.3. The molecule has 1 atom stereocenters.